The van der Waals surface area contributed by atoms with Crippen molar-refractivity contribution in [2.24, 2.45) is 11.5 Å². The van der Waals surface area contributed by atoms with E-state index in [2.05, 4.69) is 5.32 Å². The van der Waals surface area contributed by atoms with Gasteiger partial charge in [0, 0.05) is 30.1 Å². The summed E-state index contributed by atoms with van der Waals surface area (Å²) in [5, 5.41) is 2.91. The van der Waals surface area contributed by atoms with Crippen molar-refractivity contribution in [1.82, 2.24) is 5.32 Å². The lowest BCUT2D eigenvalue weighted by Gasteiger charge is -2.20. The van der Waals surface area contributed by atoms with Crippen LogP contribution in [-0.2, 0) is 33.3 Å². The van der Waals surface area contributed by atoms with Gasteiger partial charge in [-0.1, -0.05) is 0 Å². The summed E-state index contributed by atoms with van der Waals surface area (Å²) in [6, 6.07) is 0. The molecule has 0 saturated heterocycles. The summed E-state index contributed by atoms with van der Waals surface area (Å²) in [6.07, 6.45) is 0. The second-order valence-corrected chi connectivity index (χ2v) is 11.7. The third-order valence-electron chi connectivity index (χ3n) is 3.40. The Morgan fingerprint density at radius 3 is 1.47 bits per heavy atom. The molecule has 0 fully saturated rings. The number of amides is 1. The van der Waals surface area contributed by atoms with Gasteiger partial charge in [-0.15, -0.1) is 23.5 Å². The molecule has 36 heavy (non-hydrogen) atoms. The third-order valence-corrected chi connectivity index (χ3v) is 5.22. The van der Waals surface area contributed by atoms with E-state index in [4.69, 9.17) is 35.2 Å². The molecule has 0 spiro atoms. The number of hydrogen-bond donors (Lipinski definition) is 3. The molecular formula is C24H51N3O7S2. The Bertz CT molecular complexity index is 485. The second-order valence-electron chi connectivity index (χ2n) is 9.52. The first-order valence-electron chi connectivity index (χ1n) is 12.3. The number of rotatable bonds is 20. The Balaban J connectivity index is 0. The first-order valence-corrected chi connectivity index (χ1v) is 14.6. The summed E-state index contributed by atoms with van der Waals surface area (Å²) in [4.78, 5) is 22.8. The monoisotopic (exact) mass is 557 g/mol. The fourth-order valence-corrected chi connectivity index (χ4v) is 3.44. The molecule has 0 aliphatic heterocycles. The number of carbonyl (C=O) groups is 2. The van der Waals surface area contributed by atoms with E-state index in [1.54, 1.807) is 11.8 Å². The minimum atomic E-state index is -0.408. The van der Waals surface area contributed by atoms with Gasteiger partial charge in [0.15, 0.2) is 0 Å². The Kier molecular flexibility index (Phi) is 25.8. The van der Waals surface area contributed by atoms with E-state index in [9.17, 15) is 9.59 Å². The fourth-order valence-electron chi connectivity index (χ4n) is 2.19. The summed E-state index contributed by atoms with van der Waals surface area (Å²) < 4.78 is 26.2. The SMILES string of the molecule is CC(C)(C)NC(=O)CSCCOCCOCCN.CC(C)(C)OC(=O)CSCCOCCOCCN. The first kappa shape index (κ1) is 37.6. The first-order chi connectivity index (χ1) is 16.9. The Hall–Kier alpha value is -0.600. The van der Waals surface area contributed by atoms with Crippen molar-refractivity contribution in [1.29, 1.82) is 0 Å². The van der Waals surface area contributed by atoms with Crippen LogP contribution in [0.2, 0.25) is 0 Å². The molecule has 0 aliphatic carbocycles. The van der Waals surface area contributed by atoms with Gasteiger partial charge in [0.1, 0.15) is 5.60 Å². The number of esters is 1. The predicted molar refractivity (Wildman–Crippen MR) is 150 cm³/mol. The van der Waals surface area contributed by atoms with Gasteiger partial charge >= 0.3 is 5.97 Å². The molecule has 0 aromatic carbocycles. The van der Waals surface area contributed by atoms with Crippen LogP contribution in [0.5, 0.6) is 0 Å². The molecular weight excluding hydrogens is 506 g/mol. The van der Waals surface area contributed by atoms with Crippen molar-refractivity contribution >= 4 is 35.4 Å². The molecule has 0 bridgehead atoms. The molecule has 1 amide bonds. The van der Waals surface area contributed by atoms with E-state index in [0.29, 0.717) is 77.5 Å². The Morgan fingerprint density at radius 1 is 0.667 bits per heavy atom. The third kappa shape index (κ3) is 35.6. The van der Waals surface area contributed by atoms with Crippen molar-refractivity contribution in [2.45, 2.75) is 52.7 Å². The maximum absolute atomic E-state index is 11.5. The van der Waals surface area contributed by atoms with Crippen LogP contribution in [0.3, 0.4) is 0 Å². The number of thioether (sulfide) groups is 2. The van der Waals surface area contributed by atoms with Gasteiger partial charge in [-0.2, -0.15) is 0 Å². The highest BCUT2D eigenvalue weighted by Gasteiger charge is 2.15. The summed E-state index contributed by atoms with van der Waals surface area (Å²) in [5.41, 5.74) is 9.98. The quantitative estimate of drug-likeness (QED) is 0.148. The van der Waals surface area contributed by atoms with Crippen molar-refractivity contribution < 1.29 is 33.3 Å². The average molecular weight is 558 g/mol. The van der Waals surface area contributed by atoms with E-state index in [-0.39, 0.29) is 17.4 Å². The minimum absolute atomic E-state index is 0.0683. The largest absolute Gasteiger partial charge is 0.459 e. The van der Waals surface area contributed by atoms with Crippen LogP contribution in [0.4, 0.5) is 0 Å². The molecule has 0 heterocycles. The predicted octanol–water partition coefficient (Wildman–Crippen LogP) is 1.68. The maximum atomic E-state index is 11.5. The smallest absolute Gasteiger partial charge is 0.316 e. The Labute approximate surface area is 227 Å². The van der Waals surface area contributed by atoms with E-state index >= 15 is 0 Å². The molecule has 0 aliphatic rings. The zero-order valence-electron chi connectivity index (χ0n) is 23.2. The lowest BCUT2D eigenvalue weighted by molar-refractivity contribution is -0.151. The van der Waals surface area contributed by atoms with Crippen LogP contribution >= 0.6 is 23.5 Å². The van der Waals surface area contributed by atoms with Crippen LogP contribution in [0.1, 0.15) is 41.5 Å². The lowest BCUT2D eigenvalue weighted by atomic mass is 10.1. The van der Waals surface area contributed by atoms with Gasteiger partial charge in [0.25, 0.3) is 0 Å². The summed E-state index contributed by atoms with van der Waals surface area (Å²) in [5.74, 6) is 2.32. The zero-order valence-corrected chi connectivity index (χ0v) is 24.9. The van der Waals surface area contributed by atoms with Crippen molar-refractivity contribution in [3.8, 4) is 0 Å². The van der Waals surface area contributed by atoms with Crippen LogP contribution in [0, 0.1) is 0 Å². The van der Waals surface area contributed by atoms with Gasteiger partial charge < -0.3 is 40.5 Å². The van der Waals surface area contributed by atoms with Gasteiger partial charge in [0.2, 0.25) is 5.91 Å². The fraction of sp³-hybridized carbons (Fsp3) is 0.917. The molecule has 5 N–H and O–H groups in total. The highest BCUT2D eigenvalue weighted by Crippen LogP contribution is 2.09. The van der Waals surface area contributed by atoms with Crippen LogP contribution in [0.25, 0.3) is 0 Å². The number of carbonyl (C=O) groups excluding carboxylic acids is 2. The lowest BCUT2D eigenvalue weighted by Crippen LogP contribution is -2.41. The molecule has 0 aromatic heterocycles. The molecule has 0 rings (SSSR count). The molecule has 0 saturated carbocycles. The highest BCUT2D eigenvalue weighted by atomic mass is 32.2. The van der Waals surface area contributed by atoms with Crippen LogP contribution < -0.4 is 16.8 Å². The second kappa shape index (κ2) is 24.7. The topological polar surface area (TPSA) is 144 Å². The molecule has 216 valence electrons. The number of nitrogens with one attached hydrogen (secondary N) is 1. The van der Waals surface area contributed by atoms with Gasteiger partial charge in [-0.25, -0.2) is 0 Å². The summed E-state index contributed by atoms with van der Waals surface area (Å²) in [7, 11) is 0. The molecule has 12 heteroatoms. The normalized spacial score (nSPS) is 11.6. The molecule has 10 nitrogen and oxygen atoms in total. The van der Waals surface area contributed by atoms with Crippen molar-refractivity contribution in [3.63, 3.8) is 0 Å². The van der Waals surface area contributed by atoms with E-state index in [0.717, 1.165) is 11.5 Å². The van der Waals surface area contributed by atoms with Crippen molar-refractivity contribution in [3.05, 3.63) is 0 Å². The molecule has 0 aromatic rings. The van der Waals surface area contributed by atoms with Crippen molar-refractivity contribution in [2.75, 3.05) is 89.0 Å². The number of hydrogen-bond acceptors (Lipinski definition) is 11. The number of ether oxygens (including phenoxy) is 5. The zero-order chi connectivity index (χ0) is 27.7. The molecule has 0 unspecified atom stereocenters. The highest BCUT2D eigenvalue weighted by molar-refractivity contribution is 8.00. The summed E-state index contributed by atoms with van der Waals surface area (Å²) in [6.45, 7) is 17.2. The minimum Gasteiger partial charge on any atom is -0.459 e. The summed E-state index contributed by atoms with van der Waals surface area (Å²) >= 11 is 3.08. The van der Waals surface area contributed by atoms with Crippen LogP contribution in [-0.4, -0.2) is 112 Å². The van der Waals surface area contributed by atoms with Gasteiger partial charge in [-0.05, 0) is 41.5 Å². The maximum Gasteiger partial charge on any atom is 0.316 e. The number of nitrogens with two attached hydrogens (primary N) is 2. The van der Waals surface area contributed by atoms with Gasteiger partial charge in [0.05, 0.1) is 64.4 Å². The van der Waals surface area contributed by atoms with E-state index in [1.807, 2.05) is 41.5 Å². The van der Waals surface area contributed by atoms with Gasteiger partial charge in [-0.3, -0.25) is 9.59 Å². The van der Waals surface area contributed by atoms with E-state index < -0.39 is 5.60 Å². The van der Waals surface area contributed by atoms with Crippen LogP contribution in [0.15, 0.2) is 0 Å². The Morgan fingerprint density at radius 2 is 1.08 bits per heavy atom. The van der Waals surface area contributed by atoms with E-state index in [1.165, 1.54) is 11.8 Å². The molecule has 0 atom stereocenters. The molecule has 0 radical (unpaired) electrons. The average Bonchev–Trinajstić information content (AvgIpc) is 2.75. The standard InChI is InChI=1S/C12H26N2O3S.C12H25NO4S/c1-12(2,3)14-11(15)10-18-9-8-17-7-6-16-5-4-13;1-12(2,3)17-11(14)10-18-9-8-16-7-6-15-5-4-13/h4-10,13H2,1-3H3,(H,14,15);4-10,13H2,1-3H3.